The second-order valence-corrected chi connectivity index (χ2v) is 8.72. The van der Waals surface area contributed by atoms with E-state index in [1.54, 1.807) is 68.5 Å². The third-order valence-corrected chi connectivity index (χ3v) is 5.97. The summed E-state index contributed by atoms with van der Waals surface area (Å²) in [5.41, 5.74) is 2.56. The number of carbonyl (C=O) groups is 3. The minimum Gasteiger partial charge on any atom is -0.494 e. The lowest BCUT2D eigenvalue weighted by molar-refractivity contribution is -0.138. The number of amides is 2. The van der Waals surface area contributed by atoms with Crippen LogP contribution in [0.5, 0.6) is 11.5 Å². The summed E-state index contributed by atoms with van der Waals surface area (Å²) in [6, 6.07) is 19.2. The van der Waals surface area contributed by atoms with Crippen LogP contribution in [0, 0.1) is 5.82 Å². The monoisotopic (exact) mass is 544 g/mol. The van der Waals surface area contributed by atoms with Crippen molar-refractivity contribution in [3.8, 4) is 11.5 Å². The van der Waals surface area contributed by atoms with E-state index in [1.165, 1.54) is 29.2 Å². The first kappa shape index (κ1) is 28.1. The van der Waals surface area contributed by atoms with Gasteiger partial charge in [-0.3, -0.25) is 14.5 Å². The zero-order chi connectivity index (χ0) is 28.6. The fraction of sp³-hybridized carbons (Fsp3) is 0.194. The summed E-state index contributed by atoms with van der Waals surface area (Å²) in [5.74, 6) is -0.628. The average molecular weight is 545 g/mol. The predicted molar refractivity (Wildman–Crippen MR) is 149 cm³/mol. The molecule has 3 aromatic rings. The van der Waals surface area contributed by atoms with Gasteiger partial charge in [0, 0.05) is 17.1 Å². The normalized spacial score (nSPS) is 13.9. The zero-order valence-electron chi connectivity index (χ0n) is 22.4. The van der Waals surface area contributed by atoms with E-state index < -0.39 is 17.7 Å². The molecule has 0 unspecified atom stereocenters. The molecule has 206 valence electrons. The summed E-state index contributed by atoms with van der Waals surface area (Å²) in [4.78, 5) is 40.0. The van der Waals surface area contributed by atoms with Crippen molar-refractivity contribution < 1.29 is 33.0 Å². The van der Waals surface area contributed by atoms with Gasteiger partial charge >= 0.3 is 5.97 Å². The lowest BCUT2D eigenvalue weighted by atomic mass is 10.0. The van der Waals surface area contributed by atoms with Crippen molar-refractivity contribution in [2.75, 3.05) is 30.0 Å². The van der Waals surface area contributed by atoms with Crippen LogP contribution in [0.4, 0.5) is 15.8 Å². The maximum absolute atomic E-state index is 13.6. The first-order valence-electron chi connectivity index (χ1n) is 12.8. The summed E-state index contributed by atoms with van der Waals surface area (Å²) >= 11 is 0. The van der Waals surface area contributed by atoms with Gasteiger partial charge in [0.05, 0.1) is 24.4 Å². The van der Waals surface area contributed by atoms with Gasteiger partial charge in [-0.05, 0) is 93.1 Å². The molecule has 0 aromatic heterocycles. The van der Waals surface area contributed by atoms with E-state index in [9.17, 15) is 18.8 Å². The molecule has 2 amide bonds. The molecule has 1 aliphatic rings. The van der Waals surface area contributed by atoms with Gasteiger partial charge in [-0.25, -0.2) is 9.18 Å². The number of nitrogens with one attached hydrogen (secondary N) is 1. The summed E-state index contributed by atoms with van der Waals surface area (Å²) in [5, 5.41) is 2.62. The fourth-order valence-electron chi connectivity index (χ4n) is 4.16. The number of ether oxygens (including phenoxy) is 3. The summed E-state index contributed by atoms with van der Waals surface area (Å²) in [6.07, 6.45) is 1.62. The maximum Gasteiger partial charge on any atom is 0.340 e. The van der Waals surface area contributed by atoms with Crippen molar-refractivity contribution in [2.45, 2.75) is 20.8 Å². The van der Waals surface area contributed by atoms with E-state index >= 15 is 0 Å². The number of nitrogens with zero attached hydrogens (tertiary/aromatic N) is 1. The van der Waals surface area contributed by atoms with Crippen LogP contribution in [-0.4, -0.2) is 37.6 Å². The topological polar surface area (TPSA) is 94.2 Å². The van der Waals surface area contributed by atoms with Crippen LogP contribution in [0.3, 0.4) is 0 Å². The van der Waals surface area contributed by atoms with Gasteiger partial charge in [-0.15, -0.1) is 0 Å². The van der Waals surface area contributed by atoms with Gasteiger partial charge in [-0.2, -0.15) is 0 Å². The highest BCUT2D eigenvalue weighted by molar-refractivity contribution is 6.23. The number of esters is 1. The van der Waals surface area contributed by atoms with E-state index in [1.807, 2.05) is 6.92 Å². The van der Waals surface area contributed by atoms with Crippen molar-refractivity contribution >= 4 is 35.2 Å². The summed E-state index contributed by atoms with van der Waals surface area (Å²) in [6.45, 7) is 5.74. The van der Waals surface area contributed by atoms with Crippen LogP contribution >= 0.6 is 0 Å². The van der Waals surface area contributed by atoms with Crippen molar-refractivity contribution in [3.63, 3.8) is 0 Å². The standard InChI is InChI=1S/C31H29FN2O6/c1-4-38-25-16-12-24(13-17-25)34-20(3)29(31(37)39-5-2)27(30(34)36)18-21-6-14-26(15-7-21)40-19-28(35)33-23-10-8-22(32)9-11-23/h6-18H,4-5,19H2,1-3H3,(H,33,35)/b27-18-. The van der Waals surface area contributed by atoms with Crippen molar-refractivity contribution in [1.29, 1.82) is 0 Å². The Balaban J connectivity index is 1.51. The molecule has 0 aliphatic carbocycles. The molecule has 3 aromatic carbocycles. The lowest BCUT2D eigenvalue weighted by Crippen LogP contribution is -2.24. The molecular weight excluding hydrogens is 515 g/mol. The number of benzene rings is 3. The Kier molecular flexibility index (Phi) is 8.96. The molecule has 1 N–H and O–H groups in total. The Morgan fingerprint density at radius 2 is 1.50 bits per heavy atom. The molecule has 40 heavy (non-hydrogen) atoms. The second kappa shape index (κ2) is 12.8. The van der Waals surface area contributed by atoms with Crippen molar-refractivity contribution in [2.24, 2.45) is 0 Å². The molecule has 9 heteroatoms. The average Bonchev–Trinajstić information content (AvgIpc) is 3.19. The highest BCUT2D eigenvalue weighted by Crippen LogP contribution is 2.36. The van der Waals surface area contributed by atoms with Gasteiger partial charge in [0.1, 0.15) is 17.3 Å². The Labute approximate surface area is 231 Å². The molecule has 4 rings (SSSR count). The lowest BCUT2D eigenvalue weighted by Gasteiger charge is -2.18. The SMILES string of the molecule is CCOC(=O)C1=C(C)N(c2ccc(OCC)cc2)C(=O)/C1=C\c1ccc(OCC(=O)Nc2ccc(F)cc2)cc1. The first-order valence-corrected chi connectivity index (χ1v) is 12.8. The van der Waals surface area contributed by atoms with Crippen LogP contribution in [0.2, 0.25) is 0 Å². The van der Waals surface area contributed by atoms with E-state index in [0.717, 1.165) is 0 Å². The number of halogens is 1. The molecule has 0 saturated carbocycles. The Hall–Kier alpha value is -4.92. The molecule has 0 bridgehead atoms. The molecule has 1 heterocycles. The van der Waals surface area contributed by atoms with Gasteiger partial charge in [0.25, 0.3) is 11.8 Å². The largest absolute Gasteiger partial charge is 0.494 e. The van der Waals surface area contributed by atoms with E-state index in [-0.39, 0.29) is 30.3 Å². The predicted octanol–water partition coefficient (Wildman–Crippen LogP) is 5.51. The molecular formula is C31H29FN2O6. The molecule has 1 aliphatic heterocycles. The minimum absolute atomic E-state index is 0.168. The van der Waals surface area contributed by atoms with Gasteiger partial charge in [0.15, 0.2) is 6.61 Å². The van der Waals surface area contributed by atoms with Crippen molar-refractivity contribution in [1.82, 2.24) is 0 Å². The first-order chi connectivity index (χ1) is 19.3. The number of rotatable bonds is 10. The number of hydrogen-bond acceptors (Lipinski definition) is 6. The van der Waals surface area contributed by atoms with Crippen LogP contribution in [0.15, 0.2) is 89.6 Å². The molecule has 8 nitrogen and oxygen atoms in total. The molecule has 0 saturated heterocycles. The third kappa shape index (κ3) is 6.55. The van der Waals surface area contributed by atoms with Crippen LogP contribution in [-0.2, 0) is 19.1 Å². The number of anilines is 2. The molecule has 0 spiro atoms. The van der Waals surface area contributed by atoms with Crippen LogP contribution < -0.4 is 19.7 Å². The van der Waals surface area contributed by atoms with E-state index in [2.05, 4.69) is 5.32 Å². The van der Waals surface area contributed by atoms with E-state index in [0.29, 0.717) is 40.7 Å². The highest BCUT2D eigenvalue weighted by atomic mass is 19.1. The fourth-order valence-corrected chi connectivity index (χ4v) is 4.16. The smallest absolute Gasteiger partial charge is 0.340 e. The van der Waals surface area contributed by atoms with E-state index in [4.69, 9.17) is 14.2 Å². The minimum atomic E-state index is -0.583. The molecule has 0 radical (unpaired) electrons. The Bertz CT molecular complexity index is 1440. The van der Waals surface area contributed by atoms with Gasteiger partial charge < -0.3 is 19.5 Å². The zero-order valence-corrected chi connectivity index (χ0v) is 22.4. The van der Waals surface area contributed by atoms with Crippen LogP contribution in [0.25, 0.3) is 6.08 Å². The Morgan fingerprint density at radius 1 is 0.875 bits per heavy atom. The van der Waals surface area contributed by atoms with Crippen LogP contribution in [0.1, 0.15) is 26.3 Å². The second-order valence-electron chi connectivity index (χ2n) is 8.72. The Morgan fingerprint density at radius 3 is 2.12 bits per heavy atom. The molecule has 0 atom stereocenters. The van der Waals surface area contributed by atoms with Gasteiger partial charge in [0.2, 0.25) is 0 Å². The number of hydrogen-bond donors (Lipinski definition) is 1. The quantitative estimate of drug-likeness (QED) is 0.267. The summed E-state index contributed by atoms with van der Waals surface area (Å²) < 4.78 is 29.3. The number of carbonyl (C=O) groups excluding carboxylic acids is 3. The highest BCUT2D eigenvalue weighted by Gasteiger charge is 2.38. The van der Waals surface area contributed by atoms with Gasteiger partial charge in [-0.1, -0.05) is 12.1 Å². The molecule has 0 fully saturated rings. The number of allylic oxidation sites excluding steroid dienone is 1. The summed E-state index contributed by atoms with van der Waals surface area (Å²) in [7, 11) is 0. The van der Waals surface area contributed by atoms with Crippen molar-refractivity contribution in [3.05, 3.63) is 101 Å². The third-order valence-electron chi connectivity index (χ3n) is 5.97. The maximum atomic E-state index is 13.6.